The topological polar surface area (TPSA) is 27.8 Å². The lowest BCUT2D eigenvalue weighted by Gasteiger charge is -2.19. The molecule has 2 aliphatic rings. The third-order valence-corrected chi connectivity index (χ3v) is 4.54. The predicted molar refractivity (Wildman–Crippen MR) is 75.6 cm³/mol. The van der Waals surface area contributed by atoms with Gasteiger partial charge in [-0.05, 0) is 54.9 Å². The maximum absolute atomic E-state index is 3.61. The van der Waals surface area contributed by atoms with E-state index in [4.69, 9.17) is 0 Å². The number of hydrogen-bond donors (Lipinski definition) is 2. The van der Waals surface area contributed by atoms with Crippen molar-refractivity contribution < 1.29 is 0 Å². The fraction of sp³-hybridized carbons (Fsp3) is 0.375. The number of aromatic amines is 1. The number of anilines is 1. The molecular weight excluding hydrogens is 220 g/mol. The highest BCUT2D eigenvalue weighted by molar-refractivity contribution is 5.82. The van der Waals surface area contributed by atoms with Crippen LogP contribution in [0.15, 0.2) is 42.6 Å². The van der Waals surface area contributed by atoms with Gasteiger partial charge >= 0.3 is 0 Å². The summed E-state index contributed by atoms with van der Waals surface area (Å²) in [5.41, 5.74) is 2.46. The van der Waals surface area contributed by atoms with E-state index in [1.165, 1.54) is 29.4 Å². The minimum atomic E-state index is 0.832. The molecule has 0 amide bonds. The Morgan fingerprint density at radius 2 is 2.17 bits per heavy atom. The van der Waals surface area contributed by atoms with Crippen molar-refractivity contribution in [3.05, 3.63) is 42.6 Å². The fourth-order valence-electron chi connectivity index (χ4n) is 3.54. The molecule has 1 heterocycles. The van der Waals surface area contributed by atoms with Gasteiger partial charge in [0.15, 0.2) is 0 Å². The Labute approximate surface area is 107 Å². The summed E-state index contributed by atoms with van der Waals surface area (Å²) < 4.78 is 0. The van der Waals surface area contributed by atoms with E-state index >= 15 is 0 Å². The van der Waals surface area contributed by atoms with Crippen molar-refractivity contribution in [2.24, 2.45) is 17.8 Å². The van der Waals surface area contributed by atoms with E-state index in [2.05, 4.69) is 46.7 Å². The van der Waals surface area contributed by atoms with Crippen molar-refractivity contribution in [3.8, 4) is 0 Å². The normalized spacial score (nSPS) is 29.2. The molecule has 2 aliphatic carbocycles. The molecule has 2 N–H and O–H groups in total. The van der Waals surface area contributed by atoms with Crippen molar-refractivity contribution in [1.82, 2.24) is 4.98 Å². The molecule has 2 nitrogen and oxygen atoms in total. The molecule has 3 unspecified atom stereocenters. The van der Waals surface area contributed by atoms with Crippen molar-refractivity contribution in [2.75, 3.05) is 11.9 Å². The van der Waals surface area contributed by atoms with E-state index in [0.29, 0.717) is 0 Å². The molecule has 2 aromatic rings. The highest BCUT2D eigenvalue weighted by atomic mass is 14.9. The van der Waals surface area contributed by atoms with Gasteiger partial charge in [-0.3, -0.25) is 0 Å². The summed E-state index contributed by atoms with van der Waals surface area (Å²) in [6, 6.07) is 8.68. The summed E-state index contributed by atoms with van der Waals surface area (Å²) in [6.07, 6.45) is 9.60. The molecule has 0 radical (unpaired) electrons. The Balaban J connectivity index is 1.46. The Morgan fingerprint density at radius 1 is 1.17 bits per heavy atom. The van der Waals surface area contributed by atoms with Gasteiger partial charge in [-0.2, -0.15) is 0 Å². The maximum Gasteiger partial charge on any atom is 0.0455 e. The van der Waals surface area contributed by atoms with Gasteiger partial charge in [-0.25, -0.2) is 0 Å². The molecule has 0 saturated heterocycles. The Kier molecular flexibility index (Phi) is 2.22. The van der Waals surface area contributed by atoms with Crippen LogP contribution in [-0.4, -0.2) is 11.5 Å². The molecule has 3 atom stereocenters. The van der Waals surface area contributed by atoms with Gasteiger partial charge in [-0.15, -0.1) is 0 Å². The fourth-order valence-corrected chi connectivity index (χ4v) is 3.54. The highest BCUT2D eigenvalue weighted by Gasteiger charge is 2.35. The molecular formula is C16H18N2. The van der Waals surface area contributed by atoms with Crippen LogP contribution < -0.4 is 5.32 Å². The Hall–Kier alpha value is -1.70. The quantitative estimate of drug-likeness (QED) is 0.782. The monoisotopic (exact) mass is 238 g/mol. The lowest BCUT2D eigenvalue weighted by molar-refractivity contribution is 0.472. The molecule has 18 heavy (non-hydrogen) atoms. The Bertz CT molecular complexity index is 596. The van der Waals surface area contributed by atoms with Gasteiger partial charge < -0.3 is 10.3 Å². The SMILES string of the molecule is C1=CC2CC1CC2CNc1ccc2[nH]ccc2c1. The van der Waals surface area contributed by atoms with Crippen LogP contribution >= 0.6 is 0 Å². The number of fused-ring (bicyclic) bond motifs is 3. The number of benzene rings is 1. The summed E-state index contributed by atoms with van der Waals surface area (Å²) in [5, 5.41) is 4.89. The van der Waals surface area contributed by atoms with Crippen LogP contribution in [0.25, 0.3) is 10.9 Å². The molecule has 1 fully saturated rings. The largest absolute Gasteiger partial charge is 0.385 e. The van der Waals surface area contributed by atoms with E-state index in [9.17, 15) is 0 Å². The van der Waals surface area contributed by atoms with Crippen LogP contribution in [0.2, 0.25) is 0 Å². The minimum Gasteiger partial charge on any atom is -0.385 e. The molecule has 2 bridgehead atoms. The zero-order chi connectivity index (χ0) is 11.9. The lowest BCUT2D eigenvalue weighted by Crippen LogP contribution is -2.18. The molecule has 92 valence electrons. The van der Waals surface area contributed by atoms with Crippen LogP contribution in [0.4, 0.5) is 5.69 Å². The Morgan fingerprint density at radius 3 is 3.00 bits per heavy atom. The van der Waals surface area contributed by atoms with E-state index in [1.54, 1.807) is 0 Å². The number of rotatable bonds is 3. The predicted octanol–water partition coefficient (Wildman–Crippen LogP) is 3.79. The van der Waals surface area contributed by atoms with Crippen molar-refractivity contribution in [2.45, 2.75) is 12.8 Å². The maximum atomic E-state index is 3.61. The standard InChI is InChI=1S/C16H18N2/c1-2-12-7-11(1)8-14(12)10-18-15-3-4-16-13(9-15)5-6-17-16/h1-6,9,11-12,14,17-18H,7-8,10H2. The first-order chi connectivity index (χ1) is 8.88. The molecule has 1 saturated carbocycles. The molecule has 1 aromatic carbocycles. The van der Waals surface area contributed by atoms with Crippen molar-refractivity contribution in [1.29, 1.82) is 0 Å². The van der Waals surface area contributed by atoms with Crippen LogP contribution in [0.3, 0.4) is 0 Å². The smallest absolute Gasteiger partial charge is 0.0455 e. The number of hydrogen-bond acceptors (Lipinski definition) is 1. The third-order valence-electron chi connectivity index (χ3n) is 4.54. The number of H-pyrrole nitrogens is 1. The molecule has 1 aromatic heterocycles. The van der Waals surface area contributed by atoms with Crippen LogP contribution in [0.1, 0.15) is 12.8 Å². The van der Waals surface area contributed by atoms with Gasteiger partial charge in [0.1, 0.15) is 0 Å². The van der Waals surface area contributed by atoms with Crippen molar-refractivity contribution in [3.63, 3.8) is 0 Å². The van der Waals surface area contributed by atoms with Gasteiger partial charge in [0.2, 0.25) is 0 Å². The molecule has 2 heteroatoms. The van der Waals surface area contributed by atoms with E-state index in [-0.39, 0.29) is 0 Å². The summed E-state index contributed by atoms with van der Waals surface area (Å²) in [6.45, 7) is 1.11. The molecule has 0 spiro atoms. The zero-order valence-electron chi connectivity index (χ0n) is 10.4. The summed E-state index contributed by atoms with van der Waals surface area (Å²) in [7, 11) is 0. The first-order valence-corrected chi connectivity index (χ1v) is 6.88. The van der Waals surface area contributed by atoms with E-state index < -0.39 is 0 Å². The van der Waals surface area contributed by atoms with Gasteiger partial charge in [-0.1, -0.05) is 12.2 Å². The second kappa shape index (κ2) is 3.91. The summed E-state index contributed by atoms with van der Waals surface area (Å²) >= 11 is 0. The number of nitrogens with one attached hydrogen (secondary N) is 2. The minimum absolute atomic E-state index is 0.832. The highest BCUT2D eigenvalue weighted by Crippen LogP contribution is 2.43. The second-order valence-corrected chi connectivity index (χ2v) is 5.70. The average Bonchev–Trinajstić information content (AvgIpc) is 3.11. The first kappa shape index (κ1) is 10.2. The summed E-state index contributed by atoms with van der Waals surface area (Å²) in [4.78, 5) is 3.23. The van der Waals surface area contributed by atoms with Gasteiger partial charge in [0.25, 0.3) is 0 Å². The van der Waals surface area contributed by atoms with Crippen LogP contribution in [0.5, 0.6) is 0 Å². The molecule has 0 aliphatic heterocycles. The van der Waals surface area contributed by atoms with Crippen LogP contribution in [0, 0.1) is 17.8 Å². The lowest BCUT2D eigenvalue weighted by atomic mass is 9.93. The van der Waals surface area contributed by atoms with E-state index in [1.807, 2.05) is 6.20 Å². The zero-order valence-corrected chi connectivity index (χ0v) is 10.4. The number of aromatic nitrogens is 1. The number of allylic oxidation sites excluding steroid dienone is 2. The van der Waals surface area contributed by atoms with Gasteiger partial charge in [0, 0.05) is 29.3 Å². The third kappa shape index (κ3) is 1.64. The van der Waals surface area contributed by atoms with Gasteiger partial charge in [0.05, 0.1) is 0 Å². The second-order valence-electron chi connectivity index (χ2n) is 5.70. The van der Waals surface area contributed by atoms with Crippen LogP contribution in [-0.2, 0) is 0 Å². The average molecular weight is 238 g/mol. The first-order valence-electron chi connectivity index (χ1n) is 6.88. The summed E-state index contributed by atoms with van der Waals surface area (Å²) in [5.74, 6) is 2.54. The molecule has 4 rings (SSSR count). The van der Waals surface area contributed by atoms with Crippen molar-refractivity contribution >= 4 is 16.6 Å². The van der Waals surface area contributed by atoms with E-state index in [0.717, 1.165) is 24.3 Å².